The summed E-state index contributed by atoms with van der Waals surface area (Å²) in [5.74, 6) is -0.369. The van der Waals surface area contributed by atoms with Gasteiger partial charge in [0.1, 0.15) is 0 Å². The summed E-state index contributed by atoms with van der Waals surface area (Å²) in [5.41, 5.74) is 3.39. The molecule has 0 fully saturated rings. The number of anilines is 1. The highest BCUT2D eigenvalue weighted by Crippen LogP contribution is 2.21. The number of carbonyl (C=O) groups is 1. The molecule has 24 heavy (non-hydrogen) atoms. The molecule has 0 atom stereocenters. The minimum Gasteiger partial charge on any atom is -0.322 e. The quantitative estimate of drug-likeness (QED) is 0.871. The van der Waals surface area contributed by atoms with Crippen LogP contribution in [0.25, 0.3) is 0 Å². The van der Waals surface area contributed by atoms with Crippen LogP contribution in [0.15, 0.2) is 41.3 Å². The molecule has 0 saturated heterocycles. The third kappa shape index (κ3) is 4.21. The topological polar surface area (TPSA) is 89.3 Å². The predicted molar refractivity (Wildman–Crippen MR) is 95.7 cm³/mol. The van der Waals surface area contributed by atoms with E-state index in [0.29, 0.717) is 16.8 Å². The van der Waals surface area contributed by atoms with E-state index in [2.05, 4.69) is 12.2 Å². The van der Waals surface area contributed by atoms with Crippen LogP contribution in [0, 0.1) is 13.8 Å². The number of aryl methyl sites for hydroxylation is 2. The number of nitrogens with one attached hydrogen (secondary N) is 1. The van der Waals surface area contributed by atoms with E-state index in [1.54, 1.807) is 19.9 Å². The lowest BCUT2D eigenvalue weighted by molar-refractivity contribution is 0.102. The first-order chi connectivity index (χ1) is 11.2. The molecule has 6 heteroatoms. The molecule has 2 aromatic rings. The second-order valence-corrected chi connectivity index (χ2v) is 7.39. The van der Waals surface area contributed by atoms with E-state index in [9.17, 15) is 13.2 Å². The number of amides is 1. The smallest absolute Gasteiger partial charge is 0.255 e. The molecule has 5 nitrogen and oxygen atoms in total. The largest absolute Gasteiger partial charge is 0.322 e. The molecule has 0 aromatic heterocycles. The van der Waals surface area contributed by atoms with Gasteiger partial charge in [0.2, 0.25) is 10.0 Å². The van der Waals surface area contributed by atoms with Crippen molar-refractivity contribution < 1.29 is 13.2 Å². The number of rotatable bonds is 5. The van der Waals surface area contributed by atoms with Crippen molar-refractivity contribution in [1.82, 2.24) is 0 Å². The van der Waals surface area contributed by atoms with Gasteiger partial charge in [0, 0.05) is 11.3 Å². The zero-order valence-electron chi connectivity index (χ0n) is 14.1. The Bertz CT molecular complexity index is 857. The fraction of sp³-hybridized carbons (Fsp3) is 0.278. The van der Waals surface area contributed by atoms with Crippen LogP contribution in [0.3, 0.4) is 0 Å². The Kier molecular flexibility index (Phi) is 5.41. The molecule has 0 aliphatic heterocycles. The third-order valence-corrected chi connectivity index (χ3v) is 4.98. The maximum absolute atomic E-state index is 12.4. The summed E-state index contributed by atoms with van der Waals surface area (Å²) >= 11 is 0. The van der Waals surface area contributed by atoms with Gasteiger partial charge in [0.05, 0.1) is 4.90 Å². The lowest BCUT2D eigenvalue weighted by Crippen LogP contribution is -2.17. The monoisotopic (exact) mass is 346 g/mol. The van der Waals surface area contributed by atoms with Crippen molar-refractivity contribution in [2.75, 3.05) is 5.32 Å². The van der Waals surface area contributed by atoms with Crippen LogP contribution in [0.5, 0.6) is 0 Å². The minimum atomic E-state index is -3.88. The summed E-state index contributed by atoms with van der Waals surface area (Å²) in [6.07, 6.45) is 2.05. The van der Waals surface area contributed by atoms with Crippen molar-refractivity contribution in [1.29, 1.82) is 0 Å². The van der Waals surface area contributed by atoms with Crippen LogP contribution >= 0.6 is 0 Å². The van der Waals surface area contributed by atoms with Gasteiger partial charge < -0.3 is 5.32 Å². The number of hydrogen-bond donors (Lipinski definition) is 2. The van der Waals surface area contributed by atoms with E-state index in [-0.39, 0.29) is 16.4 Å². The number of benzene rings is 2. The first kappa shape index (κ1) is 18.2. The minimum absolute atomic E-state index is 0.0223. The average Bonchev–Trinajstić information content (AvgIpc) is 2.50. The molecule has 128 valence electrons. The van der Waals surface area contributed by atoms with Crippen molar-refractivity contribution in [2.24, 2.45) is 5.14 Å². The maximum atomic E-state index is 12.4. The molecule has 0 radical (unpaired) electrons. The lowest BCUT2D eigenvalue weighted by Gasteiger charge is -2.11. The SMILES string of the molecule is CCCc1ccc(NC(=O)c2cc(C)c(C)c(S(N)(=O)=O)c2)cc1. The van der Waals surface area contributed by atoms with E-state index in [0.717, 1.165) is 12.8 Å². The van der Waals surface area contributed by atoms with Crippen LogP contribution in [0.4, 0.5) is 5.69 Å². The summed E-state index contributed by atoms with van der Waals surface area (Å²) in [6, 6.07) is 10.6. The number of sulfonamides is 1. The standard InChI is InChI=1S/C18H22N2O3S/c1-4-5-14-6-8-16(9-7-14)20-18(21)15-10-12(2)13(3)17(11-15)24(19,22)23/h6-11H,4-5H2,1-3H3,(H,20,21)(H2,19,22,23). The van der Waals surface area contributed by atoms with Gasteiger partial charge in [-0.2, -0.15) is 0 Å². The van der Waals surface area contributed by atoms with Crippen LogP contribution in [0.2, 0.25) is 0 Å². The second kappa shape index (κ2) is 7.15. The van der Waals surface area contributed by atoms with Crippen molar-refractivity contribution in [3.63, 3.8) is 0 Å². The normalized spacial score (nSPS) is 11.3. The van der Waals surface area contributed by atoms with Crippen LogP contribution in [0.1, 0.15) is 40.4 Å². The molecule has 0 aliphatic rings. The maximum Gasteiger partial charge on any atom is 0.255 e. The van der Waals surface area contributed by atoms with Crippen molar-refractivity contribution in [2.45, 2.75) is 38.5 Å². The van der Waals surface area contributed by atoms with Crippen LogP contribution < -0.4 is 10.5 Å². The average molecular weight is 346 g/mol. The van der Waals surface area contributed by atoms with Gasteiger partial charge in [-0.15, -0.1) is 0 Å². The predicted octanol–water partition coefficient (Wildman–Crippen LogP) is 3.16. The summed E-state index contributed by atoms with van der Waals surface area (Å²) in [7, 11) is -3.88. The van der Waals surface area contributed by atoms with E-state index >= 15 is 0 Å². The van der Waals surface area contributed by atoms with Crippen LogP contribution in [-0.4, -0.2) is 14.3 Å². The third-order valence-electron chi connectivity index (χ3n) is 3.94. The zero-order chi connectivity index (χ0) is 17.9. The van der Waals surface area contributed by atoms with Gasteiger partial charge in [-0.25, -0.2) is 13.6 Å². The molecular weight excluding hydrogens is 324 g/mol. The van der Waals surface area contributed by atoms with Crippen LogP contribution in [-0.2, 0) is 16.4 Å². The zero-order valence-corrected chi connectivity index (χ0v) is 14.9. The Morgan fingerprint density at radius 3 is 2.29 bits per heavy atom. The van der Waals surface area contributed by atoms with Crippen molar-refractivity contribution in [3.8, 4) is 0 Å². The number of carbonyl (C=O) groups excluding carboxylic acids is 1. The fourth-order valence-corrected chi connectivity index (χ4v) is 3.38. The Balaban J connectivity index is 2.28. The number of hydrogen-bond acceptors (Lipinski definition) is 3. The number of primary sulfonamides is 1. The molecule has 0 heterocycles. The highest BCUT2D eigenvalue weighted by atomic mass is 32.2. The van der Waals surface area contributed by atoms with Gasteiger partial charge >= 0.3 is 0 Å². The molecular formula is C18H22N2O3S. The molecule has 0 aliphatic carbocycles. The molecule has 3 N–H and O–H groups in total. The van der Waals surface area contributed by atoms with E-state index < -0.39 is 10.0 Å². The second-order valence-electron chi connectivity index (χ2n) is 5.86. The van der Waals surface area contributed by atoms with E-state index in [4.69, 9.17) is 5.14 Å². The molecule has 0 unspecified atom stereocenters. The van der Waals surface area contributed by atoms with Gasteiger partial charge in [-0.05, 0) is 61.2 Å². The summed E-state index contributed by atoms with van der Waals surface area (Å²) in [5, 5.41) is 8.01. The van der Waals surface area contributed by atoms with Gasteiger partial charge in [-0.1, -0.05) is 25.5 Å². The summed E-state index contributed by atoms with van der Waals surface area (Å²) in [4.78, 5) is 12.4. The molecule has 0 spiro atoms. The van der Waals surface area contributed by atoms with Crippen molar-refractivity contribution >= 4 is 21.6 Å². The highest BCUT2D eigenvalue weighted by molar-refractivity contribution is 7.89. The first-order valence-electron chi connectivity index (χ1n) is 7.76. The molecule has 2 rings (SSSR count). The Labute approximate surface area is 142 Å². The van der Waals surface area contributed by atoms with Crippen molar-refractivity contribution in [3.05, 3.63) is 58.7 Å². The van der Waals surface area contributed by atoms with Gasteiger partial charge in [-0.3, -0.25) is 4.79 Å². The fourth-order valence-electron chi connectivity index (χ4n) is 2.50. The Morgan fingerprint density at radius 1 is 1.12 bits per heavy atom. The van der Waals surface area contributed by atoms with E-state index in [1.165, 1.54) is 11.6 Å². The molecule has 0 saturated carbocycles. The molecule has 2 aromatic carbocycles. The Hall–Kier alpha value is -2.18. The summed E-state index contributed by atoms with van der Waals surface area (Å²) in [6.45, 7) is 5.53. The highest BCUT2D eigenvalue weighted by Gasteiger charge is 2.17. The first-order valence-corrected chi connectivity index (χ1v) is 9.31. The molecule has 1 amide bonds. The van der Waals surface area contributed by atoms with Gasteiger partial charge in [0.25, 0.3) is 5.91 Å². The lowest BCUT2D eigenvalue weighted by atomic mass is 10.1. The van der Waals surface area contributed by atoms with E-state index in [1.807, 2.05) is 24.3 Å². The van der Waals surface area contributed by atoms with Gasteiger partial charge in [0.15, 0.2) is 0 Å². The summed E-state index contributed by atoms with van der Waals surface area (Å²) < 4.78 is 23.4. The molecule has 0 bridgehead atoms. The Morgan fingerprint density at radius 2 is 1.75 bits per heavy atom. The number of nitrogens with two attached hydrogens (primary N) is 1.